The molecule has 1 N–H and O–H groups in total. The van der Waals surface area contributed by atoms with Gasteiger partial charge in [-0.15, -0.1) is 0 Å². The molecule has 1 aromatic rings. The van der Waals surface area contributed by atoms with E-state index in [1.807, 2.05) is 0 Å². The van der Waals surface area contributed by atoms with Crippen LogP contribution < -0.4 is 9.64 Å². The summed E-state index contributed by atoms with van der Waals surface area (Å²) in [4.78, 5) is 22.8. The third-order valence-corrected chi connectivity index (χ3v) is 4.19. The molecule has 21 heavy (non-hydrogen) atoms. The van der Waals surface area contributed by atoms with Gasteiger partial charge >= 0.3 is 11.7 Å². The molecule has 0 aromatic heterocycles. The van der Waals surface area contributed by atoms with Crippen LogP contribution in [0.1, 0.15) is 0 Å². The largest absolute Gasteiger partial charge is 0.490 e. The van der Waals surface area contributed by atoms with E-state index in [4.69, 9.17) is 4.74 Å². The Morgan fingerprint density at radius 3 is 2.90 bits per heavy atom. The number of hydrogen-bond donors (Lipinski definition) is 1. The summed E-state index contributed by atoms with van der Waals surface area (Å²) in [5.74, 6) is -1.00. The van der Waals surface area contributed by atoms with Crippen molar-refractivity contribution >= 4 is 29.1 Å². The summed E-state index contributed by atoms with van der Waals surface area (Å²) in [6, 6.07) is 1.07. The molecule has 2 rings (SSSR count). The van der Waals surface area contributed by atoms with E-state index < -0.39 is 28.4 Å². The molecular formula is C12H13FN2O5S. The van der Waals surface area contributed by atoms with E-state index in [-0.39, 0.29) is 11.4 Å². The Labute approximate surface area is 123 Å². The van der Waals surface area contributed by atoms with Crippen molar-refractivity contribution in [3.05, 3.63) is 28.1 Å². The number of nitro benzene ring substituents is 1. The Morgan fingerprint density at radius 2 is 2.33 bits per heavy atom. The van der Waals surface area contributed by atoms with Gasteiger partial charge in [0.2, 0.25) is 0 Å². The Bertz CT molecular complexity index is 583. The van der Waals surface area contributed by atoms with Crippen LogP contribution in [0.2, 0.25) is 0 Å². The van der Waals surface area contributed by atoms with E-state index >= 15 is 0 Å². The lowest BCUT2D eigenvalue weighted by Crippen LogP contribution is -2.47. The topological polar surface area (TPSA) is 92.9 Å². The van der Waals surface area contributed by atoms with Crippen LogP contribution in [-0.4, -0.2) is 47.2 Å². The molecule has 0 bridgehead atoms. The second kappa shape index (κ2) is 6.17. The van der Waals surface area contributed by atoms with Gasteiger partial charge in [0.25, 0.3) is 0 Å². The number of carboxylic acids is 1. The number of halogens is 1. The summed E-state index contributed by atoms with van der Waals surface area (Å²) in [5, 5.41) is 20.1. The first-order chi connectivity index (χ1) is 9.95. The van der Waals surface area contributed by atoms with E-state index in [1.54, 1.807) is 0 Å². The van der Waals surface area contributed by atoms with Crippen molar-refractivity contribution in [1.29, 1.82) is 0 Å². The molecule has 0 amide bonds. The Hall–Kier alpha value is -2.03. The van der Waals surface area contributed by atoms with E-state index in [0.29, 0.717) is 18.1 Å². The number of aliphatic carboxylic acids is 1. The predicted molar refractivity (Wildman–Crippen MR) is 75.7 cm³/mol. The number of nitro groups is 1. The first-order valence-electron chi connectivity index (χ1n) is 6.04. The van der Waals surface area contributed by atoms with Crippen LogP contribution in [0.15, 0.2) is 12.1 Å². The highest BCUT2D eigenvalue weighted by atomic mass is 32.2. The van der Waals surface area contributed by atoms with Crippen LogP contribution in [0.3, 0.4) is 0 Å². The number of carboxylic acid groups (broad SMARTS) is 1. The van der Waals surface area contributed by atoms with Crippen molar-refractivity contribution in [2.75, 3.05) is 30.1 Å². The van der Waals surface area contributed by atoms with Gasteiger partial charge in [-0.25, -0.2) is 9.18 Å². The molecular weight excluding hydrogens is 303 g/mol. The normalized spacial score (nSPS) is 18.4. The number of thioether (sulfide) groups is 1. The van der Waals surface area contributed by atoms with Crippen LogP contribution in [0.4, 0.5) is 15.8 Å². The number of anilines is 1. The summed E-state index contributed by atoms with van der Waals surface area (Å²) in [5.41, 5.74) is -0.484. The van der Waals surface area contributed by atoms with E-state index in [2.05, 4.69) is 0 Å². The molecule has 9 heteroatoms. The zero-order valence-electron chi connectivity index (χ0n) is 11.1. The van der Waals surface area contributed by atoms with Crippen molar-refractivity contribution in [2.24, 2.45) is 0 Å². The Kier molecular flexibility index (Phi) is 4.51. The molecule has 1 aliphatic heterocycles. The molecule has 1 aromatic carbocycles. The minimum atomic E-state index is -1.06. The van der Waals surface area contributed by atoms with Gasteiger partial charge in [0.15, 0.2) is 11.6 Å². The standard InChI is InChI=1S/C12H13FN2O5S/c1-20-11-5-8(7(13)4-9(11)15(18)19)14-2-3-21-6-10(14)12(16)17/h4-5,10H,2-3,6H2,1H3,(H,16,17). The highest BCUT2D eigenvalue weighted by Crippen LogP contribution is 2.36. The molecule has 1 atom stereocenters. The third-order valence-electron chi connectivity index (χ3n) is 3.17. The average molecular weight is 316 g/mol. The van der Waals surface area contributed by atoms with Crippen LogP contribution >= 0.6 is 11.8 Å². The highest BCUT2D eigenvalue weighted by Gasteiger charge is 2.32. The maximum Gasteiger partial charge on any atom is 0.327 e. The molecule has 1 unspecified atom stereocenters. The van der Waals surface area contributed by atoms with Gasteiger partial charge in [0.05, 0.1) is 23.8 Å². The fourth-order valence-corrected chi connectivity index (χ4v) is 3.19. The lowest BCUT2D eigenvalue weighted by atomic mass is 10.2. The smallest absolute Gasteiger partial charge is 0.327 e. The van der Waals surface area contributed by atoms with E-state index in [1.165, 1.54) is 29.8 Å². The van der Waals surface area contributed by atoms with Gasteiger partial charge in [-0.05, 0) is 0 Å². The lowest BCUT2D eigenvalue weighted by Gasteiger charge is -2.34. The number of ether oxygens (including phenoxy) is 1. The number of nitrogens with zero attached hydrogens (tertiary/aromatic N) is 2. The summed E-state index contributed by atoms with van der Waals surface area (Å²) in [6.45, 7) is 0.347. The highest BCUT2D eigenvalue weighted by molar-refractivity contribution is 7.99. The van der Waals surface area contributed by atoms with Crippen LogP contribution in [-0.2, 0) is 4.79 Å². The minimum Gasteiger partial charge on any atom is -0.490 e. The van der Waals surface area contributed by atoms with Crippen LogP contribution in [0.25, 0.3) is 0 Å². The van der Waals surface area contributed by atoms with Gasteiger partial charge in [-0.1, -0.05) is 0 Å². The predicted octanol–water partition coefficient (Wildman–Crippen LogP) is 1.75. The second-order valence-electron chi connectivity index (χ2n) is 4.35. The quantitative estimate of drug-likeness (QED) is 0.668. The third kappa shape index (κ3) is 3.02. The molecule has 0 radical (unpaired) electrons. The molecule has 1 aliphatic rings. The number of rotatable bonds is 4. The van der Waals surface area contributed by atoms with Crippen molar-refractivity contribution in [3.63, 3.8) is 0 Å². The van der Waals surface area contributed by atoms with Gasteiger partial charge in [0, 0.05) is 24.1 Å². The second-order valence-corrected chi connectivity index (χ2v) is 5.50. The van der Waals surface area contributed by atoms with Crippen LogP contribution in [0, 0.1) is 15.9 Å². The van der Waals surface area contributed by atoms with Gasteiger partial charge in [-0.2, -0.15) is 11.8 Å². The van der Waals surface area contributed by atoms with Crippen LogP contribution in [0.5, 0.6) is 5.75 Å². The van der Waals surface area contributed by atoms with E-state index in [0.717, 1.165) is 6.07 Å². The van der Waals surface area contributed by atoms with Crippen molar-refractivity contribution in [1.82, 2.24) is 0 Å². The maximum absolute atomic E-state index is 14.1. The van der Waals surface area contributed by atoms with Gasteiger partial charge in [0.1, 0.15) is 6.04 Å². The summed E-state index contributed by atoms with van der Waals surface area (Å²) < 4.78 is 19.0. The fourth-order valence-electron chi connectivity index (χ4n) is 2.16. The van der Waals surface area contributed by atoms with E-state index in [9.17, 15) is 24.4 Å². The Morgan fingerprint density at radius 1 is 1.62 bits per heavy atom. The molecule has 7 nitrogen and oxygen atoms in total. The number of hydrogen-bond acceptors (Lipinski definition) is 6. The van der Waals surface area contributed by atoms with Crippen molar-refractivity contribution < 1.29 is 24.0 Å². The molecule has 0 aliphatic carbocycles. The van der Waals surface area contributed by atoms with Gasteiger partial charge in [-0.3, -0.25) is 10.1 Å². The monoisotopic (exact) mass is 316 g/mol. The zero-order valence-corrected chi connectivity index (χ0v) is 11.9. The molecule has 1 fully saturated rings. The minimum absolute atomic E-state index is 0.00477. The fraction of sp³-hybridized carbons (Fsp3) is 0.417. The molecule has 0 saturated carbocycles. The summed E-state index contributed by atoms with van der Waals surface area (Å²) >= 11 is 1.47. The molecule has 0 spiro atoms. The number of methoxy groups -OCH3 is 1. The number of benzene rings is 1. The van der Waals surface area contributed by atoms with Crippen molar-refractivity contribution in [3.8, 4) is 5.75 Å². The first-order valence-corrected chi connectivity index (χ1v) is 7.20. The molecule has 1 heterocycles. The molecule has 1 saturated heterocycles. The zero-order chi connectivity index (χ0) is 15.6. The van der Waals surface area contributed by atoms with Crippen molar-refractivity contribution in [2.45, 2.75) is 6.04 Å². The Balaban J connectivity index is 2.47. The maximum atomic E-state index is 14.1. The number of carbonyl (C=O) groups is 1. The summed E-state index contributed by atoms with van der Waals surface area (Å²) in [6.07, 6.45) is 0. The molecule has 114 valence electrons. The lowest BCUT2D eigenvalue weighted by molar-refractivity contribution is -0.385. The summed E-state index contributed by atoms with van der Waals surface area (Å²) in [7, 11) is 1.24. The van der Waals surface area contributed by atoms with Gasteiger partial charge < -0.3 is 14.7 Å². The SMILES string of the molecule is COc1cc(N2CCSCC2C(=O)O)c(F)cc1[N+](=O)[O-]. The first kappa shape index (κ1) is 15.4. The average Bonchev–Trinajstić information content (AvgIpc) is 2.46.